The Kier molecular flexibility index (Phi) is 0.943. The molecule has 0 saturated heterocycles. The lowest BCUT2D eigenvalue weighted by atomic mass is 10.3. The summed E-state index contributed by atoms with van der Waals surface area (Å²) >= 11 is 0. The maximum absolute atomic E-state index is 10.7. The van der Waals surface area contributed by atoms with Crippen molar-refractivity contribution in [3.63, 3.8) is 0 Å². The molecule has 0 atom stereocenters. The van der Waals surface area contributed by atoms with Crippen LogP contribution in [0.25, 0.3) is 0 Å². The maximum atomic E-state index is 10.7. The first kappa shape index (κ1) is 5.34. The molecule has 0 aromatic carbocycles. The van der Waals surface area contributed by atoms with Crippen molar-refractivity contribution in [1.82, 2.24) is 9.97 Å². The van der Waals surface area contributed by atoms with Gasteiger partial charge in [-0.25, -0.2) is 9.97 Å². The average molecular weight is 135 g/mol. The van der Waals surface area contributed by atoms with Gasteiger partial charge < -0.3 is 5.32 Å². The lowest BCUT2D eigenvalue weighted by molar-refractivity contribution is -0.115. The molecule has 1 amide bonds. The molecule has 0 bridgehead atoms. The van der Waals surface area contributed by atoms with Crippen LogP contribution >= 0.6 is 0 Å². The third kappa shape index (κ3) is 0.655. The van der Waals surface area contributed by atoms with Crippen molar-refractivity contribution >= 4 is 11.6 Å². The Balaban J connectivity index is 2.51. The summed E-state index contributed by atoms with van der Waals surface area (Å²) in [6.07, 6.45) is 3.43. The smallest absolute Gasteiger partial charge is 0.230 e. The molecule has 2 rings (SSSR count). The molecular weight excluding hydrogens is 130 g/mol. The Morgan fingerprint density at radius 3 is 3.30 bits per heavy atom. The van der Waals surface area contributed by atoms with E-state index < -0.39 is 0 Å². The zero-order chi connectivity index (χ0) is 6.97. The number of aromatic nitrogens is 2. The fourth-order valence-electron chi connectivity index (χ4n) is 0.947. The van der Waals surface area contributed by atoms with Crippen molar-refractivity contribution in [2.75, 3.05) is 5.32 Å². The normalized spacial score (nSPS) is 14.6. The topological polar surface area (TPSA) is 54.9 Å². The van der Waals surface area contributed by atoms with E-state index in [0.29, 0.717) is 6.42 Å². The van der Waals surface area contributed by atoms with Gasteiger partial charge in [-0.05, 0) is 0 Å². The molecule has 0 saturated carbocycles. The first-order valence-electron chi connectivity index (χ1n) is 2.95. The van der Waals surface area contributed by atoms with Crippen LogP contribution in [0.15, 0.2) is 12.5 Å². The molecule has 1 aliphatic rings. The fraction of sp³-hybridized carbons (Fsp3) is 0.167. The summed E-state index contributed by atoms with van der Waals surface area (Å²) in [5.74, 6) is -0.00417. The summed E-state index contributed by atoms with van der Waals surface area (Å²) in [6, 6.07) is 0. The average Bonchev–Trinajstić information content (AvgIpc) is 2.27. The zero-order valence-electron chi connectivity index (χ0n) is 5.16. The summed E-state index contributed by atoms with van der Waals surface area (Å²) in [5, 5.41) is 2.63. The lowest BCUT2D eigenvalue weighted by Crippen LogP contribution is -2.03. The highest BCUT2D eigenvalue weighted by atomic mass is 16.1. The van der Waals surface area contributed by atoms with Crippen molar-refractivity contribution in [3.8, 4) is 0 Å². The van der Waals surface area contributed by atoms with Gasteiger partial charge >= 0.3 is 0 Å². The molecule has 0 radical (unpaired) electrons. The number of hydrogen-bond donors (Lipinski definition) is 1. The van der Waals surface area contributed by atoms with Gasteiger partial charge in [0.2, 0.25) is 5.91 Å². The molecule has 2 heterocycles. The summed E-state index contributed by atoms with van der Waals surface area (Å²) in [4.78, 5) is 18.4. The van der Waals surface area contributed by atoms with E-state index in [0.717, 1.165) is 11.4 Å². The highest BCUT2D eigenvalue weighted by Crippen LogP contribution is 2.17. The fourth-order valence-corrected chi connectivity index (χ4v) is 0.947. The SMILES string of the molecule is O=C1Cc2ncncc2N1. The van der Waals surface area contributed by atoms with E-state index in [1.54, 1.807) is 6.20 Å². The van der Waals surface area contributed by atoms with Crippen LogP contribution in [0.5, 0.6) is 0 Å². The van der Waals surface area contributed by atoms with E-state index in [-0.39, 0.29) is 5.91 Å². The van der Waals surface area contributed by atoms with Crippen molar-refractivity contribution in [2.24, 2.45) is 0 Å². The van der Waals surface area contributed by atoms with Gasteiger partial charge in [0.15, 0.2) is 0 Å². The third-order valence-corrected chi connectivity index (χ3v) is 1.40. The van der Waals surface area contributed by atoms with Gasteiger partial charge in [0, 0.05) is 0 Å². The van der Waals surface area contributed by atoms with Crippen LogP contribution in [0.4, 0.5) is 5.69 Å². The van der Waals surface area contributed by atoms with E-state index in [9.17, 15) is 4.79 Å². The molecule has 4 nitrogen and oxygen atoms in total. The first-order chi connectivity index (χ1) is 4.86. The molecule has 1 aromatic rings. The Morgan fingerprint density at radius 2 is 2.50 bits per heavy atom. The molecule has 0 fully saturated rings. The largest absolute Gasteiger partial charge is 0.323 e. The van der Waals surface area contributed by atoms with E-state index in [1.807, 2.05) is 0 Å². The standard InChI is InChI=1S/C6H5N3O/c10-6-1-4-5(9-6)2-7-3-8-4/h2-3H,1H2,(H,9,10). The monoisotopic (exact) mass is 135 g/mol. The molecule has 50 valence electrons. The first-order valence-corrected chi connectivity index (χ1v) is 2.95. The third-order valence-electron chi connectivity index (χ3n) is 1.40. The van der Waals surface area contributed by atoms with Crippen molar-refractivity contribution in [2.45, 2.75) is 6.42 Å². The minimum atomic E-state index is -0.00417. The molecular formula is C6H5N3O. The lowest BCUT2D eigenvalue weighted by Gasteiger charge is -1.91. The number of amides is 1. The molecule has 0 spiro atoms. The summed E-state index contributed by atoms with van der Waals surface area (Å²) in [5.41, 5.74) is 1.53. The number of hydrogen-bond acceptors (Lipinski definition) is 3. The number of carbonyl (C=O) groups is 1. The van der Waals surface area contributed by atoms with E-state index >= 15 is 0 Å². The van der Waals surface area contributed by atoms with Crippen molar-refractivity contribution in [3.05, 3.63) is 18.2 Å². The van der Waals surface area contributed by atoms with E-state index in [1.165, 1.54) is 6.33 Å². The molecule has 1 N–H and O–H groups in total. The summed E-state index contributed by atoms with van der Waals surface area (Å²) in [7, 11) is 0. The predicted molar refractivity (Wildman–Crippen MR) is 34.4 cm³/mol. The van der Waals surface area contributed by atoms with E-state index in [2.05, 4.69) is 15.3 Å². The second-order valence-corrected chi connectivity index (χ2v) is 2.11. The Labute approximate surface area is 57.3 Å². The molecule has 4 heteroatoms. The van der Waals surface area contributed by atoms with Gasteiger partial charge in [-0.2, -0.15) is 0 Å². The number of nitrogens with zero attached hydrogens (tertiary/aromatic N) is 2. The maximum Gasteiger partial charge on any atom is 0.230 e. The van der Waals surface area contributed by atoms with Gasteiger partial charge in [-0.15, -0.1) is 0 Å². The number of anilines is 1. The van der Waals surface area contributed by atoms with Crippen LogP contribution < -0.4 is 5.32 Å². The van der Waals surface area contributed by atoms with Gasteiger partial charge in [0.25, 0.3) is 0 Å². The van der Waals surface area contributed by atoms with Crippen molar-refractivity contribution in [1.29, 1.82) is 0 Å². The summed E-state index contributed by atoms with van der Waals surface area (Å²) < 4.78 is 0. The van der Waals surface area contributed by atoms with Crippen LogP contribution in [-0.2, 0) is 11.2 Å². The number of fused-ring (bicyclic) bond motifs is 1. The molecule has 1 aliphatic heterocycles. The molecule has 10 heavy (non-hydrogen) atoms. The minimum absolute atomic E-state index is 0.00417. The highest BCUT2D eigenvalue weighted by molar-refractivity contribution is 5.98. The molecule has 0 unspecified atom stereocenters. The van der Waals surface area contributed by atoms with Gasteiger partial charge in [0.1, 0.15) is 6.33 Å². The van der Waals surface area contributed by atoms with Crippen LogP contribution in [-0.4, -0.2) is 15.9 Å². The van der Waals surface area contributed by atoms with Gasteiger partial charge in [-0.1, -0.05) is 0 Å². The highest BCUT2D eigenvalue weighted by Gasteiger charge is 2.17. The minimum Gasteiger partial charge on any atom is -0.323 e. The number of carbonyl (C=O) groups excluding carboxylic acids is 1. The molecule has 1 aromatic heterocycles. The van der Waals surface area contributed by atoms with E-state index in [4.69, 9.17) is 0 Å². The number of rotatable bonds is 0. The van der Waals surface area contributed by atoms with Crippen molar-refractivity contribution < 1.29 is 4.79 Å². The Morgan fingerprint density at radius 1 is 1.60 bits per heavy atom. The van der Waals surface area contributed by atoms with Crippen LogP contribution in [0.3, 0.4) is 0 Å². The quantitative estimate of drug-likeness (QED) is 0.543. The van der Waals surface area contributed by atoms with Crippen LogP contribution in [0, 0.1) is 0 Å². The number of nitrogens with one attached hydrogen (secondary N) is 1. The van der Waals surface area contributed by atoms with Crippen LogP contribution in [0.1, 0.15) is 5.69 Å². The summed E-state index contributed by atoms with van der Waals surface area (Å²) in [6.45, 7) is 0. The zero-order valence-corrected chi connectivity index (χ0v) is 5.16. The van der Waals surface area contributed by atoms with Gasteiger partial charge in [0.05, 0.1) is 24.0 Å². The van der Waals surface area contributed by atoms with Crippen LogP contribution in [0.2, 0.25) is 0 Å². The second-order valence-electron chi connectivity index (χ2n) is 2.11. The van der Waals surface area contributed by atoms with Gasteiger partial charge in [-0.3, -0.25) is 4.79 Å². The Bertz CT molecular complexity index is 257. The second kappa shape index (κ2) is 1.76. The Hall–Kier alpha value is -1.45. The molecule has 0 aliphatic carbocycles. The predicted octanol–water partition coefficient (Wildman–Crippen LogP) is -0.0288.